The summed E-state index contributed by atoms with van der Waals surface area (Å²) in [5, 5.41) is 3.64. The lowest BCUT2D eigenvalue weighted by molar-refractivity contribution is 0.140. The molecule has 26 heavy (non-hydrogen) atoms. The van der Waals surface area contributed by atoms with Crippen molar-refractivity contribution in [1.29, 1.82) is 0 Å². The molecule has 1 atom stereocenters. The van der Waals surface area contributed by atoms with E-state index in [0.29, 0.717) is 6.04 Å². The monoisotopic (exact) mass is 358 g/mol. The van der Waals surface area contributed by atoms with Crippen molar-refractivity contribution in [3.05, 3.63) is 24.4 Å². The van der Waals surface area contributed by atoms with E-state index in [1.54, 1.807) is 0 Å². The Labute approximate surface area is 158 Å². The SMILES string of the molecule is CN=C(NCC1CCCN(C(C)C)C1)N1CCN(c2ccccn2)CC1. The Morgan fingerprint density at radius 3 is 2.69 bits per heavy atom. The van der Waals surface area contributed by atoms with E-state index in [1.807, 2.05) is 19.3 Å². The van der Waals surface area contributed by atoms with Gasteiger partial charge in [0.1, 0.15) is 5.82 Å². The van der Waals surface area contributed by atoms with Gasteiger partial charge in [0, 0.05) is 58.6 Å². The molecule has 3 rings (SSSR count). The summed E-state index contributed by atoms with van der Waals surface area (Å²) in [5.41, 5.74) is 0. The van der Waals surface area contributed by atoms with Crippen LogP contribution in [0.1, 0.15) is 26.7 Å². The van der Waals surface area contributed by atoms with Crippen LogP contribution in [0.2, 0.25) is 0 Å². The van der Waals surface area contributed by atoms with Crippen LogP contribution in [-0.2, 0) is 0 Å². The van der Waals surface area contributed by atoms with E-state index in [1.165, 1.54) is 25.9 Å². The smallest absolute Gasteiger partial charge is 0.193 e. The van der Waals surface area contributed by atoms with Crippen molar-refractivity contribution >= 4 is 11.8 Å². The number of hydrogen-bond donors (Lipinski definition) is 1. The van der Waals surface area contributed by atoms with Gasteiger partial charge in [-0.15, -0.1) is 0 Å². The van der Waals surface area contributed by atoms with Gasteiger partial charge in [0.25, 0.3) is 0 Å². The largest absolute Gasteiger partial charge is 0.356 e. The average Bonchev–Trinajstić information content (AvgIpc) is 2.70. The van der Waals surface area contributed by atoms with Crippen LogP contribution in [0.5, 0.6) is 0 Å². The number of aliphatic imine (C=N–C) groups is 1. The maximum atomic E-state index is 4.53. The number of likely N-dealkylation sites (tertiary alicyclic amines) is 1. The molecule has 0 bridgehead atoms. The normalized spacial score (nSPS) is 22.8. The zero-order valence-corrected chi connectivity index (χ0v) is 16.6. The fourth-order valence-electron chi connectivity index (χ4n) is 3.99. The molecule has 6 heteroatoms. The van der Waals surface area contributed by atoms with Crippen LogP contribution in [0.25, 0.3) is 0 Å². The standard InChI is InChI=1S/C20H34N6/c1-17(2)26-10-6-7-18(16-26)15-23-20(21-3)25-13-11-24(12-14-25)19-8-4-5-9-22-19/h4-5,8-9,17-18H,6-7,10-16H2,1-3H3,(H,21,23). The highest BCUT2D eigenvalue weighted by atomic mass is 15.4. The van der Waals surface area contributed by atoms with Crippen molar-refractivity contribution in [3.8, 4) is 0 Å². The highest BCUT2D eigenvalue weighted by Crippen LogP contribution is 2.18. The van der Waals surface area contributed by atoms with Gasteiger partial charge in [-0.25, -0.2) is 4.98 Å². The second-order valence-electron chi connectivity index (χ2n) is 7.69. The van der Waals surface area contributed by atoms with Crippen molar-refractivity contribution in [2.45, 2.75) is 32.7 Å². The summed E-state index contributed by atoms with van der Waals surface area (Å²) in [4.78, 5) is 16.3. The van der Waals surface area contributed by atoms with Gasteiger partial charge in [0.05, 0.1) is 0 Å². The average molecular weight is 359 g/mol. The predicted octanol–water partition coefficient (Wildman–Crippen LogP) is 1.90. The number of guanidine groups is 1. The molecule has 0 saturated carbocycles. The number of nitrogens with zero attached hydrogens (tertiary/aromatic N) is 5. The minimum absolute atomic E-state index is 0.650. The first-order valence-electron chi connectivity index (χ1n) is 10.0. The topological polar surface area (TPSA) is 47.0 Å². The summed E-state index contributed by atoms with van der Waals surface area (Å²) in [6, 6.07) is 6.76. The third-order valence-electron chi connectivity index (χ3n) is 5.59. The van der Waals surface area contributed by atoms with Crippen molar-refractivity contribution in [2.24, 2.45) is 10.9 Å². The maximum Gasteiger partial charge on any atom is 0.193 e. The summed E-state index contributed by atoms with van der Waals surface area (Å²) in [5.74, 6) is 2.84. The molecule has 1 N–H and O–H groups in total. The zero-order valence-electron chi connectivity index (χ0n) is 16.6. The highest BCUT2D eigenvalue weighted by molar-refractivity contribution is 5.80. The number of hydrogen-bond acceptors (Lipinski definition) is 4. The van der Waals surface area contributed by atoms with Gasteiger partial charge in [-0.3, -0.25) is 4.99 Å². The van der Waals surface area contributed by atoms with E-state index in [9.17, 15) is 0 Å². The van der Waals surface area contributed by atoms with Gasteiger partial charge in [-0.2, -0.15) is 0 Å². The molecule has 1 unspecified atom stereocenters. The third-order valence-corrected chi connectivity index (χ3v) is 5.59. The molecule has 144 valence electrons. The Morgan fingerprint density at radius 2 is 2.04 bits per heavy atom. The molecular formula is C20H34N6. The van der Waals surface area contributed by atoms with Crippen LogP contribution in [0.4, 0.5) is 5.82 Å². The molecule has 2 saturated heterocycles. The van der Waals surface area contributed by atoms with Crippen LogP contribution < -0.4 is 10.2 Å². The first kappa shape index (κ1) is 19.0. The van der Waals surface area contributed by atoms with Crippen LogP contribution >= 0.6 is 0 Å². The lowest BCUT2D eigenvalue weighted by Gasteiger charge is -2.38. The molecule has 1 aromatic rings. The Hall–Kier alpha value is -1.82. The molecule has 1 aromatic heterocycles. The van der Waals surface area contributed by atoms with Crippen molar-refractivity contribution < 1.29 is 0 Å². The quantitative estimate of drug-likeness (QED) is 0.658. The lowest BCUT2D eigenvalue weighted by Crippen LogP contribution is -2.54. The molecule has 3 heterocycles. The molecule has 0 spiro atoms. The summed E-state index contributed by atoms with van der Waals surface area (Å²) in [7, 11) is 1.90. The molecule has 2 aliphatic heterocycles. The number of pyridine rings is 1. The third kappa shape index (κ3) is 4.87. The number of aromatic nitrogens is 1. The van der Waals surface area contributed by atoms with E-state index in [-0.39, 0.29) is 0 Å². The van der Waals surface area contributed by atoms with E-state index >= 15 is 0 Å². The zero-order chi connectivity index (χ0) is 18.4. The number of nitrogens with one attached hydrogen (secondary N) is 1. The fourth-order valence-corrected chi connectivity index (χ4v) is 3.99. The Kier molecular flexibility index (Phi) is 6.72. The van der Waals surface area contributed by atoms with Crippen LogP contribution in [-0.4, -0.2) is 79.6 Å². The summed E-state index contributed by atoms with van der Waals surface area (Å²) < 4.78 is 0. The second kappa shape index (κ2) is 9.21. The van der Waals surface area contributed by atoms with Gasteiger partial charge in [-0.1, -0.05) is 6.07 Å². The van der Waals surface area contributed by atoms with Gasteiger partial charge < -0.3 is 20.0 Å². The van der Waals surface area contributed by atoms with Gasteiger partial charge in [-0.05, 0) is 51.3 Å². The summed E-state index contributed by atoms with van der Waals surface area (Å²) >= 11 is 0. The molecule has 0 radical (unpaired) electrons. The molecule has 0 aromatic carbocycles. The Balaban J connectivity index is 1.46. The number of piperazine rings is 1. The number of anilines is 1. The van der Waals surface area contributed by atoms with Crippen molar-refractivity contribution in [3.63, 3.8) is 0 Å². The van der Waals surface area contributed by atoms with E-state index in [4.69, 9.17) is 0 Å². The summed E-state index contributed by atoms with van der Waals surface area (Å²) in [6.07, 6.45) is 4.50. The molecule has 0 amide bonds. The number of piperidine rings is 1. The van der Waals surface area contributed by atoms with Crippen molar-refractivity contribution in [1.82, 2.24) is 20.1 Å². The first-order chi connectivity index (χ1) is 12.7. The molecule has 2 aliphatic rings. The number of rotatable bonds is 4. The van der Waals surface area contributed by atoms with Gasteiger partial charge >= 0.3 is 0 Å². The highest BCUT2D eigenvalue weighted by Gasteiger charge is 2.24. The Bertz CT molecular complexity index is 565. The summed E-state index contributed by atoms with van der Waals surface area (Å²) in [6.45, 7) is 12.0. The van der Waals surface area contributed by atoms with E-state index in [0.717, 1.165) is 50.4 Å². The van der Waals surface area contributed by atoms with Crippen molar-refractivity contribution in [2.75, 3.05) is 57.8 Å². The van der Waals surface area contributed by atoms with Gasteiger partial charge in [0.2, 0.25) is 0 Å². The van der Waals surface area contributed by atoms with E-state index < -0.39 is 0 Å². The van der Waals surface area contributed by atoms with Crippen LogP contribution in [0.3, 0.4) is 0 Å². The molecular weight excluding hydrogens is 324 g/mol. The second-order valence-corrected chi connectivity index (χ2v) is 7.69. The molecule has 2 fully saturated rings. The van der Waals surface area contributed by atoms with Gasteiger partial charge in [0.15, 0.2) is 5.96 Å². The maximum absolute atomic E-state index is 4.53. The van der Waals surface area contributed by atoms with Crippen LogP contribution in [0.15, 0.2) is 29.4 Å². The minimum Gasteiger partial charge on any atom is -0.356 e. The fraction of sp³-hybridized carbons (Fsp3) is 0.700. The molecule has 0 aliphatic carbocycles. The van der Waals surface area contributed by atoms with E-state index in [2.05, 4.69) is 56.0 Å². The Morgan fingerprint density at radius 1 is 1.23 bits per heavy atom. The van der Waals surface area contributed by atoms with Crippen LogP contribution in [0, 0.1) is 5.92 Å². The lowest BCUT2D eigenvalue weighted by atomic mass is 9.97. The predicted molar refractivity (Wildman–Crippen MR) is 109 cm³/mol. The first-order valence-corrected chi connectivity index (χ1v) is 10.0. The molecule has 6 nitrogen and oxygen atoms in total. The minimum atomic E-state index is 0.650.